The molecule has 3 rings (SSSR count). The van der Waals surface area contributed by atoms with Crippen LogP contribution < -0.4 is 21.3 Å². The molecule has 0 aliphatic carbocycles. The third kappa shape index (κ3) is 14.1. The van der Waals surface area contributed by atoms with Gasteiger partial charge in [0.25, 0.3) is 0 Å². The maximum Gasteiger partial charge on any atom is 0.0234 e. The van der Waals surface area contributed by atoms with Gasteiger partial charge in [-0.3, -0.25) is 9.80 Å². The number of nitrogens with one attached hydrogen (secondary N) is 4. The minimum Gasteiger partial charge on any atom is -0.317 e. The van der Waals surface area contributed by atoms with Crippen LogP contribution in [0.3, 0.4) is 0 Å². The molecular weight excluding hydrogens is 444 g/mol. The Bertz CT molecular complexity index is 554. The van der Waals surface area contributed by atoms with Crippen LogP contribution in [0.25, 0.3) is 0 Å². The summed E-state index contributed by atoms with van der Waals surface area (Å²) >= 11 is 0. The van der Waals surface area contributed by atoms with Crippen LogP contribution in [0.5, 0.6) is 0 Å². The Kier molecular flexibility index (Phi) is 16.4. The summed E-state index contributed by atoms with van der Waals surface area (Å²) in [6.45, 7) is 15.9. The molecule has 6 heteroatoms. The van der Waals surface area contributed by atoms with E-state index in [9.17, 15) is 0 Å². The summed E-state index contributed by atoms with van der Waals surface area (Å²) in [5, 5.41) is 14.5. The lowest BCUT2D eigenvalue weighted by atomic mass is 10.1. The molecule has 0 atom stereocenters. The van der Waals surface area contributed by atoms with E-state index in [-0.39, 0.29) is 0 Å². The van der Waals surface area contributed by atoms with Gasteiger partial charge in [-0.25, -0.2) is 0 Å². The van der Waals surface area contributed by atoms with Crippen molar-refractivity contribution in [1.82, 2.24) is 31.1 Å². The zero-order valence-corrected chi connectivity index (χ0v) is 23.2. The fourth-order valence-electron chi connectivity index (χ4n) is 5.37. The van der Waals surface area contributed by atoms with E-state index in [1.807, 2.05) is 0 Å². The van der Waals surface area contributed by atoms with Gasteiger partial charge in [0.2, 0.25) is 0 Å². The maximum atomic E-state index is 3.67. The van der Waals surface area contributed by atoms with Gasteiger partial charge in [0.05, 0.1) is 0 Å². The molecule has 206 valence electrons. The summed E-state index contributed by atoms with van der Waals surface area (Å²) in [6.07, 6.45) is 13.2. The molecule has 0 amide bonds. The van der Waals surface area contributed by atoms with Crippen molar-refractivity contribution in [3.05, 3.63) is 35.4 Å². The third-order valence-electron chi connectivity index (χ3n) is 7.61. The van der Waals surface area contributed by atoms with Crippen LogP contribution in [-0.2, 0) is 13.1 Å². The van der Waals surface area contributed by atoms with Crippen molar-refractivity contribution in [3.8, 4) is 0 Å². The van der Waals surface area contributed by atoms with Crippen LogP contribution >= 0.6 is 0 Å². The molecule has 0 radical (unpaired) electrons. The van der Waals surface area contributed by atoms with Gasteiger partial charge in [0, 0.05) is 39.3 Å². The van der Waals surface area contributed by atoms with Crippen molar-refractivity contribution in [2.75, 3.05) is 78.5 Å². The van der Waals surface area contributed by atoms with Crippen molar-refractivity contribution in [2.24, 2.45) is 0 Å². The summed E-state index contributed by atoms with van der Waals surface area (Å²) in [6, 6.07) is 9.53. The minimum absolute atomic E-state index is 1.06. The van der Waals surface area contributed by atoms with Gasteiger partial charge in [-0.1, -0.05) is 49.9 Å². The topological polar surface area (TPSA) is 54.6 Å². The van der Waals surface area contributed by atoms with Gasteiger partial charge in [-0.05, 0) is 102 Å². The fourth-order valence-corrected chi connectivity index (χ4v) is 5.37. The van der Waals surface area contributed by atoms with E-state index < -0.39 is 0 Å². The zero-order chi connectivity index (χ0) is 24.9. The molecule has 0 bridgehead atoms. The average molecular weight is 501 g/mol. The third-order valence-corrected chi connectivity index (χ3v) is 7.61. The van der Waals surface area contributed by atoms with Gasteiger partial charge in [-0.15, -0.1) is 0 Å². The van der Waals surface area contributed by atoms with Gasteiger partial charge >= 0.3 is 0 Å². The SMILES string of the molecule is c1cc(CN2CCCNCCCCCCNCC2)ccc1CN1CCCCCCNCCNCCC1. The van der Waals surface area contributed by atoms with Crippen LogP contribution in [0.15, 0.2) is 24.3 Å². The van der Waals surface area contributed by atoms with Crippen molar-refractivity contribution in [1.29, 1.82) is 0 Å². The van der Waals surface area contributed by atoms with E-state index in [0.717, 1.165) is 52.4 Å². The van der Waals surface area contributed by atoms with Crippen LogP contribution in [0.1, 0.15) is 75.3 Å². The highest BCUT2D eigenvalue weighted by atomic mass is 15.1. The molecule has 0 spiro atoms. The van der Waals surface area contributed by atoms with Crippen LogP contribution in [-0.4, -0.2) is 88.3 Å². The highest BCUT2D eigenvalue weighted by Gasteiger charge is 2.09. The van der Waals surface area contributed by atoms with Crippen molar-refractivity contribution < 1.29 is 0 Å². The number of hydrogen-bond acceptors (Lipinski definition) is 6. The smallest absolute Gasteiger partial charge is 0.0234 e. The Morgan fingerprint density at radius 2 is 0.778 bits per heavy atom. The summed E-state index contributed by atoms with van der Waals surface area (Å²) in [5.41, 5.74) is 2.91. The summed E-state index contributed by atoms with van der Waals surface area (Å²) in [5.74, 6) is 0. The molecule has 2 fully saturated rings. The second-order valence-corrected chi connectivity index (χ2v) is 10.9. The van der Waals surface area contributed by atoms with Crippen LogP contribution in [0, 0.1) is 0 Å². The molecule has 1 aromatic carbocycles. The summed E-state index contributed by atoms with van der Waals surface area (Å²) < 4.78 is 0. The molecule has 1 aromatic rings. The predicted molar refractivity (Wildman–Crippen MR) is 155 cm³/mol. The fraction of sp³-hybridized carbons (Fsp3) is 0.800. The quantitative estimate of drug-likeness (QED) is 0.507. The van der Waals surface area contributed by atoms with Gasteiger partial charge < -0.3 is 21.3 Å². The molecule has 0 unspecified atom stereocenters. The molecule has 6 nitrogen and oxygen atoms in total. The second kappa shape index (κ2) is 20.0. The van der Waals surface area contributed by atoms with E-state index in [1.165, 1.54) is 115 Å². The standard InChI is InChI=1S/C30H56N6/c1-2-6-17-34-22-26-36(25-9-18-31-15-5-1)28-30-13-11-29(12-14-30)27-35-23-8-4-3-7-16-32-20-21-33-19-10-24-35/h11-14,31-34H,1-10,15-28H2. The highest BCUT2D eigenvalue weighted by Crippen LogP contribution is 2.12. The lowest BCUT2D eigenvalue weighted by Crippen LogP contribution is -2.34. The first-order valence-corrected chi connectivity index (χ1v) is 15.3. The highest BCUT2D eigenvalue weighted by molar-refractivity contribution is 5.22. The lowest BCUT2D eigenvalue weighted by Gasteiger charge is -2.24. The van der Waals surface area contributed by atoms with Gasteiger partial charge in [-0.2, -0.15) is 0 Å². The summed E-state index contributed by atoms with van der Waals surface area (Å²) in [4.78, 5) is 5.32. The summed E-state index contributed by atoms with van der Waals surface area (Å²) in [7, 11) is 0. The largest absolute Gasteiger partial charge is 0.317 e. The maximum absolute atomic E-state index is 3.67. The Balaban J connectivity index is 1.45. The molecule has 2 aliphatic heterocycles. The molecule has 0 saturated carbocycles. The van der Waals surface area contributed by atoms with E-state index in [4.69, 9.17) is 0 Å². The molecule has 4 N–H and O–H groups in total. The predicted octanol–water partition coefficient (Wildman–Crippen LogP) is 3.58. The Hall–Kier alpha value is -1.02. The number of rotatable bonds is 4. The number of benzene rings is 1. The average Bonchev–Trinajstić information content (AvgIpc) is 2.89. The first-order valence-electron chi connectivity index (χ1n) is 15.3. The van der Waals surface area contributed by atoms with Crippen molar-refractivity contribution >= 4 is 0 Å². The van der Waals surface area contributed by atoms with Crippen LogP contribution in [0.4, 0.5) is 0 Å². The number of hydrogen-bond donors (Lipinski definition) is 4. The first kappa shape index (κ1) is 29.5. The van der Waals surface area contributed by atoms with Crippen molar-refractivity contribution in [2.45, 2.75) is 77.3 Å². The van der Waals surface area contributed by atoms with Crippen molar-refractivity contribution in [3.63, 3.8) is 0 Å². The zero-order valence-electron chi connectivity index (χ0n) is 23.2. The number of nitrogens with zero attached hydrogens (tertiary/aromatic N) is 2. The molecule has 0 aromatic heterocycles. The Morgan fingerprint density at radius 1 is 0.389 bits per heavy atom. The Labute approximate surface area is 222 Å². The second-order valence-electron chi connectivity index (χ2n) is 10.9. The molecular formula is C30H56N6. The molecule has 36 heavy (non-hydrogen) atoms. The Morgan fingerprint density at radius 3 is 1.33 bits per heavy atom. The van der Waals surface area contributed by atoms with Gasteiger partial charge in [0.15, 0.2) is 0 Å². The van der Waals surface area contributed by atoms with E-state index >= 15 is 0 Å². The minimum atomic E-state index is 1.06. The normalized spacial score (nSPS) is 22.9. The van der Waals surface area contributed by atoms with E-state index in [0.29, 0.717) is 0 Å². The molecule has 2 heterocycles. The van der Waals surface area contributed by atoms with E-state index in [2.05, 4.69) is 55.3 Å². The monoisotopic (exact) mass is 500 g/mol. The van der Waals surface area contributed by atoms with Crippen LogP contribution in [0.2, 0.25) is 0 Å². The molecule has 2 aliphatic rings. The molecule has 2 saturated heterocycles. The van der Waals surface area contributed by atoms with E-state index in [1.54, 1.807) is 0 Å². The first-order chi connectivity index (χ1) is 17.9. The van der Waals surface area contributed by atoms with Gasteiger partial charge in [0.1, 0.15) is 0 Å². The lowest BCUT2D eigenvalue weighted by molar-refractivity contribution is 0.253.